The summed E-state index contributed by atoms with van der Waals surface area (Å²) in [5.74, 6) is 0. The molecule has 1 N–H and O–H groups in total. The molecule has 0 radical (unpaired) electrons. The van der Waals surface area contributed by atoms with Crippen LogP contribution in [-0.2, 0) is 6.42 Å². The second kappa shape index (κ2) is 6.23. The van der Waals surface area contributed by atoms with Crippen molar-refractivity contribution in [1.82, 2.24) is 0 Å². The number of hydrogen-bond donors (Lipinski definition) is 1. The standard InChI is InChI=1S/C14H18O/c1-3-13(4-2)14(15)11-10-12-8-6-5-7-9-12/h5-9,14-15H,1,4,10-11H2,2H3. The first kappa shape index (κ1) is 11.8. The van der Waals surface area contributed by atoms with Gasteiger partial charge in [-0.05, 0) is 30.4 Å². The van der Waals surface area contributed by atoms with Crippen LogP contribution in [0, 0.1) is 0 Å². The average molecular weight is 202 g/mol. The molecule has 1 aromatic carbocycles. The lowest BCUT2D eigenvalue weighted by Crippen LogP contribution is -2.10. The van der Waals surface area contributed by atoms with Crippen LogP contribution < -0.4 is 0 Å². The van der Waals surface area contributed by atoms with E-state index in [-0.39, 0.29) is 0 Å². The molecule has 0 aliphatic heterocycles. The molecule has 1 aromatic rings. The average Bonchev–Trinajstić information content (AvgIpc) is 2.29. The zero-order valence-corrected chi connectivity index (χ0v) is 9.24. The molecule has 1 nitrogen and oxygen atoms in total. The number of aryl methyl sites for hydroxylation is 1. The summed E-state index contributed by atoms with van der Waals surface area (Å²) in [7, 11) is 0. The summed E-state index contributed by atoms with van der Waals surface area (Å²) in [6.07, 6.45) is 2.07. The smallest absolute Gasteiger partial charge is 0.0826 e. The molecule has 1 atom stereocenters. The summed E-state index contributed by atoms with van der Waals surface area (Å²) in [5, 5.41) is 9.83. The predicted octanol–water partition coefficient (Wildman–Crippen LogP) is 3.10. The van der Waals surface area contributed by atoms with Crippen molar-refractivity contribution in [3.05, 3.63) is 53.8 Å². The van der Waals surface area contributed by atoms with E-state index in [2.05, 4.69) is 24.4 Å². The maximum atomic E-state index is 9.83. The highest BCUT2D eigenvalue weighted by molar-refractivity contribution is 5.15. The number of aliphatic hydroxyl groups excluding tert-OH is 1. The SMILES string of the molecule is C=C=C(CC)C(O)CCc1ccccc1. The maximum Gasteiger partial charge on any atom is 0.0826 e. The lowest BCUT2D eigenvalue weighted by atomic mass is 10.0. The molecule has 0 fully saturated rings. The van der Waals surface area contributed by atoms with E-state index >= 15 is 0 Å². The van der Waals surface area contributed by atoms with Gasteiger partial charge in [-0.15, -0.1) is 5.73 Å². The Morgan fingerprint density at radius 2 is 2.07 bits per heavy atom. The van der Waals surface area contributed by atoms with Crippen molar-refractivity contribution in [1.29, 1.82) is 0 Å². The Labute approximate surface area is 91.8 Å². The van der Waals surface area contributed by atoms with Crippen molar-refractivity contribution in [3.8, 4) is 0 Å². The molecule has 0 saturated heterocycles. The largest absolute Gasteiger partial charge is 0.388 e. The van der Waals surface area contributed by atoms with E-state index in [9.17, 15) is 5.11 Å². The van der Waals surface area contributed by atoms with Gasteiger partial charge in [0.05, 0.1) is 6.10 Å². The molecule has 0 aliphatic carbocycles. The molecule has 0 aromatic heterocycles. The molecule has 0 heterocycles. The van der Waals surface area contributed by atoms with Crippen LogP contribution in [0.4, 0.5) is 0 Å². The fourth-order valence-electron chi connectivity index (χ4n) is 1.60. The lowest BCUT2D eigenvalue weighted by Gasteiger charge is -2.11. The second-order valence-corrected chi connectivity index (χ2v) is 3.60. The van der Waals surface area contributed by atoms with Crippen LogP contribution in [0.3, 0.4) is 0 Å². The second-order valence-electron chi connectivity index (χ2n) is 3.60. The summed E-state index contributed by atoms with van der Waals surface area (Å²) in [6, 6.07) is 10.2. The zero-order valence-electron chi connectivity index (χ0n) is 9.24. The van der Waals surface area contributed by atoms with Crippen molar-refractivity contribution in [2.24, 2.45) is 0 Å². The number of hydrogen-bond acceptors (Lipinski definition) is 1. The highest BCUT2D eigenvalue weighted by Crippen LogP contribution is 2.12. The molecule has 1 rings (SSSR count). The summed E-state index contributed by atoms with van der Waals surface area (Å²) < 4.78 is 0. The topological polar surface area (TPSA) is 20.2 Å². The molecule has 0 aliphatic rings. The first-order valence-corrected chi connectivity index (χ1v) is 5.38. The third kappa shape index (κ3) is 3.75. The van der Waals surface area contributed by atoms with Gasteiger partial charge >= 0.3 is 0 Å². The third-order valence-corrected chi connectivity index (χ3v) is 2.56. The Kier molecular flexibility index (Phi) is 4.89. The Morgan fingerprint density at radius 3 is 2.60 bits per heavy atom. The first-order valence-electron chi connectivity index (χ1n) is 5.38. The Morgan fingerprint density at radius 1 is 1.40 bits per heavy atom. The van der Waals surface area contributed by atoms with E-state index in [4.69, 9.17) is 0 Å². The van der Waals surface area contributed by atoms with Crippen molar-refractivity contribution >= 4 is 0 Å². The maximum absolute atomic E-state index is 9.83. The summed E-state index contributed by atoms with van der Waals surface area (Å²) in [6.45, 7) is 5.60. The zero-order chi connectivity index (χ0) is 11.1. The van der Waals surface area contributed by atoms with E-state index in [1.54, 1.807) is 0 Å². The molecular formula is C14H18O. The molecule has 0 saturated carbocycles. The Bertz CT molecular complexity index is 334. The molecular weight excluding hydrogens is 184 g/mol. The van der Waals surface area contributed by atoms with Crippen LogP contribution in [-0.4, -0.2) is 11.2 Å². The van der Waals surface area contributed by atoms with Gasteiger partial charge < -0.3 is 5.11 Å². The minimum atomic E-state index is -0.396. The van der Waals surface area contributed by atoms with Gasteiger partial charge in [-0.1, -0.05) is 43.8 Å². The van der Waals surface area contributed by atoms with E-state index in [0.29, 0.717) is 0 Å². The fourth-order valence-corrected chi connectivity index (χ4v) is 1.60. The molecule has 0 bridgehead atoms. The van der Waals surface area contributed by atoms with Gasteiger partial charge in [-0.2, -0.15) is 0 Å². The van der Waals surface area contributed by atoms with Gasteiger partial charge in [0.25, 0.3) is 0 Å². The van der Waals surface area contributed by atoms with E-state index in [0.717, 1.165) is 24.8 Å². The van der Waals surface area contributed by atoms with Crippen LogP contribution in [0.15, 0.2) is 48.2 Å². The van der Waals surface area contributed by atoms with Gasteiger partial charge in [0.15, 0.2) is 0 Å². The molecule has 0 spiro atoms. The van der Waals surface area contributed by atoms with Crippen LogP contribution in [0.1, 0.15) is 25.3 Å². The molecule has 1 heteroatoms. The van der Waals surface area contributed by atoms with Crippen molar-refractivity contribution in [2.75, 3.05) is 0 Å². The van der Waals surface area contributed by atoms with Crippen LogP contribution >= 0.6 is 0 Å². The minimum absolute atomic E-state index is 0.396. The molecule has 0 amide bonds. The molecule has 80 valence electrons. The monoisotopic (exact) mass is 202 g/mol. The normalized spacial score (nSPS) is 11.9. The number of rotatable bonds is 5. The van der Waals surface area contributed by atoms with Gasteiger partial charge in [0.1, 0.15) is 0 Å². The van der Waals surface area contributed by atoms with Gasteiger partial charge in [0.2, 0.25) is 0 Å². The predicted molar refractivity (Wildman–Crippen MR) is 63.7 cm³/mol. The minimum Gasteiger partial charge on any atom is -0.388 e. The quantitative estimate of drug-likeness (QED) is 0.727. The van der Waals surface area contributed by atoms with Gasteiger partial charge in [0, 0.05) is 0 Å². The van der Waals surface area contributed by atoms with E-state index < -0.39 is 6.10 Å². The van der Waals surface area contributed by atoms with Crippen LogP contribution in [0.5, 0.6) is 0 Å². The summed E-state index contributed by atoms with van der Waals surface area (Å²) >= 11 is 0. The molecule has 1 unspecified atom stereocenters. The number of aliphatic hydroxyl groups is 1. The number of benzene rings is 1. The van der Waals surface area contributed by atoms with E-state index in [1.807, 2.05) is 25.1 Å². The Hall–Kier alpha value is -1.30. The fraction of sp³-hybridized carbons (Fsp3) is 0.357. The van der Waals surface area contributed by atoms with E-state index in [1.165, 1.54) is 5.56 Å². The van der Waals surface area contributed by atoms with Gasteiger partial charge in [-0.3, -0.25) is 0 Å². The van der Waals surface area contributed by atoms with Crippen molar-refractivity contribution in [3.63, 3.8) is 0 Å². The highest BCUT2D eigenvalue weighted by atomic mass is 16.3. The first-order chi connectivity index (χ1) is 7.27. The summed E-state index contributed by atoms with van der Waals surface area (Å²) in [4.78, 5) is 0. The van der Waals surface area contributed by atoms with Crippen LogP contribution in [0.2, 0.25) is 0 Å². The lowest BCUT2D eigenvalue weighted by molar-refractivity contribution is 0.197. The van der Waals surface area contributed by atoms with Crippen LogP contribution in [0.25, 0.3) is 0 Å². The third-order valence-electron chi connectivity index (χ3n) is 2.56. The Balaban J connectivity index is 2.47. The summed E-state index contributed by atoms with van der Waals surface area (Å²) in [5.41, 5.74) is 4.97. The molecule has 15 heavy (non-hydrogen) atoms. The van der Waals surface area contributed by atoms with Crippen molar-refractivity contribution in [2.45, 2.75) is 32.3 Å². The van der Waals surface area contributed by atoms with Gasteiger partial charge in [-0.25, -0.2) is 0 Å². The van der Waals surface area contributed by atoms with Crippen molar-refractivity contribution < 1.29 is 5.11 Å². The highest BCUT2D eigenvalue weighted by Gasteiger charge is 2.08.